The summed E-state index contributed by atoms with van der Waals surface area (Å²) in [7, 11) is 0. The Labute approximate surface area is 179 Å². The number of hydrogen-bond donors (Lipinski definition) is 0. The average molecular weight is 409 g/mol. The Balaban J connectivity index is 1.53. The van der Waals surface area contributed by atoms with Crippen LogP contribution in [0.4, 0.5) is 0 Å². The summed E-state index contributed by atoms with van der Waals surface area (Å²) >= 11 is 0. The molecule has 0 spiro atoms. The molecule has 2 heterocycles. The third-order valence-corrected chi connectivity index (χ3v) is 6.26. The molecule has 0 N–H and O–H groups in total. The lowest BCUT2D eigenvalue weighted by Crippen LogP contribution is -2.46. The number of fused-ring (bicyclic) bond motifs is 1. The molecular formula is C25H32N2O3. The fourth-order valence-corrected chi connectivity index (χ4v) is 4.63. The molecule has 2 aliphatic rings. The fraction of sp³-hybridized carbons (Fsp3) is 0.480. The van der Waals surface area contributed by atoms with Crippen molar-refractivity contribution in [2.75, 3.05) is 32.8 Å². The summed E-state index contributed by atoms with van der Waals surface area (Å²) in [6, 6.07) is 17.4. The molecule has 0 radical (unpaired) electrons. The summed E-state index contributed by atoms with van der Waals surface area (Å²) in [4.78, 5) is 16.1. The second kappa shape index (κ2) is 9.63. The number of hydrogen-bond acceptors (Lipinski definition) is 4. The SMILES string of the molecule is CCO[C@H](c1ccccc1)c1ccc2c(c1)CN(C1CCN(C(C)=O)CC1)CCO2. The molecule has 5 heteroatoms. The molecule has 5 nitrogen and oxygen atoms in total. The van der Waals surface area contributed by atoms with Crippen LogP contribution < -0.4 is 4.74 Å². The monoisotopic (exact) mass is 408 g/mol. The van der Waals surface area contributed by atoms with Crippen LogP contribution in [0.2, 0.25) is 0 Å². The lowest BCUT2D eigenvalue weighted by atomic mass is 9.98. The van der Waals surface area contributed by atoms with Crippen molar-refractivity contribution >= 4 is 5.91 Å². The maximum atomic E-state index is 11.7. The van der Waals surface area contributed by atoms with Gasteiger partial charge in [-0.1, -0.05) is 36.4 Å². The molecule has 1 atom stereocenters. The van der Waals surface area contributed by atoms with E-state index in [4.69, 9.17) is 9.47 Å². The molecule has 0 bridgehead atoms. The lowest BCUT2D eigenvalue weighted by molar-refractivity contribution is -0.130. The topological polar surface area (TPSA) is 42.0 Å². The van der Waals surface area contributed by atoms with E-state index < -0.39 is 0 Å². The van der Waals surface area contributed by atoms with Crippen molar-refractivity contribution in [2.24, 2.45) is 0 Å². The molecule has 30 heavy (non-hydrogen) atoms. The summed E-state index contributed by atoms with van der Waals surface area (Å²) in [5.41, 5.74) is 3.56. The molecule has 1 fully saturated rings. The Bertz CT molecular complexity index is 847. The van der Waals surface area contributed by atoms with Gasteiger partial charge in [-0.05, 0) is 43.0 Å². The van der Waals surface area contributed by atoms with Gasteiger partial charge in [0.15, 0.2) is 0 Å². The van der Waals surface area contributed by atoms with Gasteiger partial charge in [-0.3, -0.25) is 9.69 Å². The number of amides is 1. The maximum absolute atomic E-state index is 11.7. The van der Waals surface area contributed by atoms with E-state index in [1.54, 1.807) is 6.92 Å². The zero-order valence-electron chi connectivity index (χ0n) is 18.0. The molecule has 4 rings (SSSR count). The van der Waals surface area contributed by atoms with Crippen molar-refractivity contribution in [1.29, 1.82) is 0 Å². The first-order valence-corrected chi connectivity index (χ1v) is 11.1. The van der Waals surface area contributed by atoms with Crippen LogP contribution in [0.25, 0.3) is 0 Å². The van der Waals surface area contributed by atoms with Gasteiger partial charge in [-0.2, -0.15) is 0 Å². The van der Waals surface area contributed by atoms with Gasteiger partial charge in [0.2, 0.25) is 5.91 Å². The molecular weight excluding hydrogens is 376 g/mol. The third-order valence-electron chi connectivity index (χ3n) is 6.26. The van der Waals surface area contributed by atoms with E-state index in [1.165, 1.54) is 16.7 Å². The Morgan fingerprint density at radius 3 is 2.57 bits per heavy atom. The van der Waals surface area contributed by atoms with Gasteiger partial charge in [0, 0.05) is 51.3 Å². The van der Waals surface area contributed by atoms with Crippen LogP contribution >= 0.6 is 0 Å². The van der Waals surface area contributed by atoms with Gasteiger partial charge >= 0.3 is 0 Å². The van der Waals surface area contributed by atoms with Crippen molar-refractivity contribution in [3.63, 3.8) is 0 Å². The molecule has 0 unspecified atom stereocenters. The van der Waals surface area contributed by atoms with Gasteiger partial charge < -0.3 is 14.4 Å². The Morgan fingerprint density at radius 2 is 1.87 bits per heavy atom. The highest BCUT2D eigenvalue weighted by atomic mass is 16.5. The number of carbonyl (C=O) groups excluding carboxylic acids is 1. The molecule has 2 aliphatic heterocycles. The molecule has 160 valence electrons. The summed E-state index contributed by atoms with van der Waals surface area (Å²) in [5, 5.41) is 0. The zero-order valence-corrected chi connectivity index (χ0v) is 18.0. The first kappa shape index (κ1) is 20.9. The minimum atomic E-state index is -0.0722. The van der Waals surface area contributed by atoms with E-state index in [0.29, 0.717) is 19.3 Å². The second-order valence-electron chi connectivity index (χ2n) is 8.17. The van der Waals surface area contributed by atoms with Crippen LogP contribution in [-0.4, -0.2) is 54.6 Å². The van der Waals surface area contributed by atoms with Crippen LogP contribution in [0.1, 0.15) is 49.5 Å². The third kappa shape index (κ3) is 4.68. The van der Waals surface area contributed by atoms with Crippen LogP contribution in [0, 0.1) is 0 Å². The van der Waals surface area contributed by atoms with Crippen LogP contribution in [0.3, 0.4) is 0 Å². The van der Waals surface area contributed by atoms with E-state index in [-0.39, 0.29) is 12.0 Å². The average Bonchev–Trinajstić information content (AvgIpc) is 3.00. The summed E-state index contributed by atoms with van der Waals surface area (Å²) in [6.45, 7) is 8.57. The van der Waals surface area contributed by atoms with Gasteiger partial charge in [-0.25, -0.2) is 0 Å². The standard InChI is InChI=1S/C25H32N2O3/c1-3-29-25(20-7-5-4-6-8-20)21-9-10-24-22(17-21)18-27(15-16-30-24)23-11-13-26(14-12-23)19(2)28/h4-10,17,23,25H,3,11-16,18H2,1-2H3/t25-/m1/s1. The van der Waals surface area contributed by atoms with Gasteiger partial charge in [0.05, 0.1) is 0 Å². The molecule has 0 saturated carbocycles. The Morgan fingerprint density at radius 1 is 1.10 bits per heavy atom. The minimum Gasteiger partial charge on any atom is -0.492 e. The number of rotatable bonds is 5. The first-order valence-electron chi connectivity index (χ1n) is 11.1. The highest BCUT2D eigenvalue weighted by Crippen LogP contribution is 2.32. The molecule has 2 aromatic rings. The fourth-order valence-electron chi connectivity index (χ4n) is 4.63. The highest BCUT2D eigenvalue weighted by molar-refractivity contribution is 5.73. The van der Waals surface area contributed by atoms with Gasteiger partial charge in [-0.15, -0.1) is 0 Å². The Hall–Kier alpha value is -2.37. The normalized spacial score (nSPS) is 18.9. The van der Waals surface area contributed by atoms with E-state index in [1.807, 2.05) is 17.9 Å². The maximum Gasteiger partial charge on any atom is 0.219 e. The summed E-state index contributed by atoms with van der Waals surface area (Å²) in [5.74, 6) is 1.16. The van der Waals surface area contributed by atoms with Crippen LogP contribution in [0.15, 0.2) is 48.5 Å². The van der Waals surface area contributed by atoms with Crippen LogP contribution in [0.5, 0.6) is 5.75 Å². The van der Waals surface area contributed by atoms with Gasteiger partial charge in [0.1, 0.15) is 18.5 Å². The number of likely N-dealkylation sites (tertiary alicyclic amines) is 1. The van der Waals surface area contributed by atoms with Crippen molar-refractivity contribution in [3.05, 3.63) is 65.2 Å². The molecule has 1 saturated heterocycles. The summed E-state index contributed by atoms with van der Waals surface area (Å²) < 4.78 is 12.2. The smallest absolute Gasteiger partial charge is 0.219 e. The van der Waals surface area contributed by atoms with Crippen molar-refractivity contribution < 1.29 is 14.3 Å². The minimum absolute atomic E-state index is 0.0722. The van der Waals surface area contributed by atoms with E-state index in [2.05, 4.69) is 47.4 Å². The zero-order chi connectivity index (χ0) is 20.9. The van der Waals surface area contributed by atoms with Crippen molar-refractivity contribution in [2.45, 2.75) is 45.4 Å². The first-order chi connectivity index (χ1) is 14.7. The molecule has 1 amide bonds. The molecule has 0 aliphatic carbocycles. The van der Waals surface area contributed by atoms with E-state index >= 15 is 0 Å². The van der Waals surface area contributed by atoms with Gasteiger partial charge in [0.25, 0.3) is 0 Å². The molecule has 0 aromatic heterocycles. The van der Waals surface area contributed by atoms with Crippen molar-refractivity contribution in [3.8, 4) is 5.75 Å². The largest absolute Gasteiger partial charge is 0.492 e. The molecule has 2 aromatic carbocycles. The number of benzene rings is 2. The van der Waals surface area contributed by atoms with E-state index in [9.17, 15) is 4.79 Å². The van der Waals surface area contributed by atoms with Crippen molar-refractivity contribution in [1.82, 2.24) is 9.80 Å². The Kier molecular flexibility index (Phi) is 6.70. The number of piperidine rings is 1. The predicted octanol–water partition coefficient (Wildman–Crippen LogP) is 4.02. The van der Waals surface area contributed by atoms with Crippen LogP contribution in [-0.2, 0) is 16.1 Å². The quantitative estimate of drug-likeness (QED) is 0.750. The summed E-state index contributed by atoms with van der Waals surface area (Å²) in [6.07, 6.45) is 1.98. The number of nitrogens with zero attached hydrogens (tertiary/aromatic N) is 2. The predicted molar refractivity (Wildman–Crippen MR) is 118 cm³/mol. The number of carbonyl (C=O) groups is 1. The highest BCUT2D eigenvalue weighted by Gasteiger charge is 2.28. The second-order valence-corrected chi connectivity index (χ2v) is 8.17. The lowest BCUT2D eigenvalue weighted by Gasteiger charge is -2.37. The number of ether oxygens (including phenoxy) is 2. The van der Waals surface area contributed by atoms with E-state index in [0.717, 1.165) is 44.8 Å².